The van der Waals surface area contributed by atoms with Gasteiger partial charge in [-0.2, -0.15) is 5.10 Å². The monoisotopic (exact) mass is 380 g/mol. The normalized spacial score (nSPS) is 13.4. The second-order valence-corrected chi connectivity index (χ2v) is 6.46. The van der Waals surface area contributed by atoms with Gasteiger partial charge in [0.1, 0.15) is 23.7 Å². The van der Waals surface area contributed by atoms with Gasteiger partial charge in [-0.25, -0.2) is 4.79 Å². The first-order valence-electron chi connectivity index (χ1n) is 7.77. The first-order valence-corrected chi connectivity index (χ1v) is 8.15. The largest absolute Gasteiger partial charge is 0.507 e. The third-order valence-corrected chi connectivity index (χ3v) is 4.61. The van der Waals surface area contributed by atoms with Crippen LogP contribution in [-0.2, 0) is 17.8 Å². The predicted octanol–water partition coefficient (Wildman–Crippen LogP) is 1.64. The molecular weight excluding hydrogens is 364 g/mol. The molecule has 0 atom stereocenters. The van der Waals surface area contributed by atoms with Gasteiger partial charge in [0, 0.05) is 49.4 Å². The highest BCUT2D eigenvalue weighted by Gasteiger charge is 2.28. The topological polar surface area (TPSA) is 130 Å². The van der Waals surface area contributed by atoms with E-state index in [1.165, 1.54) is 13.1 Å². The van der Waals surface area contributed by atoms with Crippen molar-refractivity contribution >= 4 is 23.6 Å². The summed E-state index contributed by atoms with van der Waals surface area (Å²) in [6.07, 6.45) is -0.652. The molecule has 2 amide bonds. The number of fused-ring (bicyclic) bond motifs is 1. The van der Waals surface area contributed by atoms with Gasteiger partial charge in [0.05, 0.1) is 5.02 Å². The minimum Gasteiger partial charge on any atom is -0.507 e. The first kappa shape index (κ1) is 17.9. The van der Waals surface area contributed by atoms with Crippen LogP contribution in [0.4, 0.5) is 4.79 Å². The van der Waals surface area contributed by atoms with E-state index in [-0.39, 0.29) is 35.5 Å². The Kier molecular flexibility index (Phi) is 4.64. The van der Waals surface area contributed by atoms with Crippen LogP contribution in [0.25, 0.3) is 11.3 Å². The number of nitrogens with one attached hydrogen (secondary N) is 1. The van der Waals surface area contributed by atoms with Gasteiger partial charge in [-0.15, -0.1) is 0 Å². The third kappa shape index (κ3) is 3.25. The fraction of sp³-hybridized carbons (Fsp3) is 0.312. The van der Waals surface area contributed by atoms with Gasteiger partial charge in [-0.3, -0.25) is 9.89 Å². The summed E-state index contributed by atoms with van der Waals surface area (Å²) in [4.78, 5) is 25.7. The molecular formula is C16H17ClN4O5. The Labute approximate surface area is 153 Å². The van der Waals surface area contributed by atoms with Crippen LogP contribution >= 0.6 is 11.6 Å². The van der Waals surface area contributed by atoms with Crippen molar-refractivity contribution in [3.05, 3.63) is 28.4 Å². The SMILES string of the molecule is CN(CC(=O)N1CCc2[nH]nc(-c3cc(Cl)c(O)cc3O)c2C1)C(=O)O. The molecule has 10 heteroatoms. The summed E-state index contributed by atoms with van der Waals surface area (Å²) in [7, 11) is 1.33. The lowest BCUT2D eigenvalue weighted by Crippen LogP contribution is -2.42. The lowest BCUT2D eigenvalue weighted by Gasteiger charge is -2.28. The molecule has 4 N–H and O–H groups in total. The molecule has 138 valence electrons. The van der Waals surface area contributed by atoms with Crippen molar-refractivity contribution in [3.8, 4) is 22.8 Å². The van der Waals surface area contributed by atoms with Crippen LogP contribution in [0.2, 0.25) is 5.02 Å². The van der Waals surface area contributed by atoms with Crippen molar-refractivity contribution in [2.24, 2.45) is 0 Å². The number of hydrogen-bond acceptors (Lipinski definition) is 5. The van der Waals surface area contributed by atoms with E-state index >= 15 is 0 Å². The standard InChI is InChI=1S/C16H17ClN4O5/c1-20(16(25)26)7-14(24)21-3-2-11-9(6-21)15(19-18-11)8-4-10(17)13(23)5-12(8)22/h4-5,22-23H,2-3,6-7H2,1H3,(H,18,19)(H,25,26). The molecule has 0 aliphatic carbocycles. The maximum absolute atomic E-state index is 12.3. The van der Waals surface area contributed by atoms with Crippen molar-refractivity contribution in [2.75, 3.05) is 20.1 Å². The van der Waals surface area contributed by atoms with Crippen LogP contribution in [0.3, 0.4) is 0 Å². The van der Waals surface area contributed by atoms with Crippen LogP contribution in [-0.4, -0.2) is 67.5 Å². The average Bonchev–Trinajstić information content (AvgIpc) is 3.00. The average molecular weight is 381 g/mol. The number of carboxylic acid groups (broad SMARTS) is 1. The van der Waals surface area contributed by atoms with E-state index in [1.54, 1.807) is 4.90 Å². The van der Waals surface area contributed by atoms with E-state index < -0.39 is 6.09 Å². The van der Waals surface area contributed by atoms with Crippen LogP contribution in [0, 0.1) is 0 Å². The van der Waals surface area contributed by atoms with Gasteiger partial charge in [-0.1, -0.05) is 11.6 Å². The molecule has 0 fully saturated rings. The molecule has 0 spiro atoms. The van der Waals surface area contributed by atoms with Crippen molar-refractivity contribution < 1.29 is 24.9 Å². The van der Waals surface area contributed by atoms with E-state index in [1.807, 2.05) is 0 Å². The molecule has 1 aliphatic rings. The van der Waals surface area contributed by atoms with E-state index in [2.05, 4.69) is 10.2 Å². The Morgan fingerprint density at radius 2 is 2.08 bits per heavy atom. The second kappa shape index (κ2) is 6.75. The molecule has 1 aromatic heterocycles. The quantitative estimate of drug-likeness (QED) is 0.640. The molecule has 2 aromatic rings. The van der Waals surface area contributed by atoms with Gasteiger partial charge in [-0.05, 0) is 6.07 Å². The smallest absolute Gasteiger partial charge is 0.407 e. The summed E-state index contributed by atoms with van der Waals surface area (Å²) in [5, 5.41) is 35.8. The predicted molar refractivity (Wildman–Crippen MR) is 92.1 cm³/mol. The Bertz CT molecular complexity index is 882. The number of amides is 2. The molecule has 0 unspecified atom stereocenters. The zero-order valence-electron chi connectivity index (χ0n) is 13.9. The number of aromatic amines is 1. The molecule has 3 rings (SSSR count). The molecule has 0 bridgehead atoms. The summed E-state index contributed by atoms with van der Waals surface area (Å²) in [5.41, 5.74) is 2.32. The molecule has 0 saturated carbocycles. The van der Waals surface area contributed by atoms with E-state index in [0.717, 1.165) is 22.2 Å². The lowest BCUT2D eigenvalue weighted by molar-refractivity contribution is -0.132. The number of aromatic nitrogens is 2. The number of carbonyl (C=O) groups excluding carboxylic acids is 1. The lowest BCUT2D eigenvalue weighted by atomic mass is 10.00. The summed E-state index contributed by atoms with van der Waals surface area (Å²) in [6, 6.07) is 2.54. The number of nitrogens with zero attached hydrogens (tertiary/aromatic N) is 3. The van der Waals surface area contributed by atoms with Gasteiger partial charge >= 0.3 is 6.09 Å². The molecule has 26 heavy (non-hydrogen) atoms. The number of likely N-dealkylation sites (N-methyl/N-ethyl adjacent to an activating group) is 1. The van der Waals surface area contributed by atoms with Gasteiger partial charge in [0.15, 0.2) is 0 Å². The minimum absolute atomic E-state index is 0.0707. The summed E-state index contributed by atoms with van der Waals surface area (Å²) < 4.78 is 0. The molecule has 1 aliphatic heterocycles. The number of benzene rings is 1. The fourth-order valence-electron chi connectivity index (χ4n) is 2.84. The molecule has 2 heterocycles. The number of H-pyrrole nitrogens is 1. The summed E-state index contributed by atoms with van der Waals surface area (Å²) in [5.74, 6) is -0.748. The number of phenols is 2. The molecule has 1 aromatic carbocycles. The number of carbonyl (C=O) groups is 2. The zero-order chi connectivity index (χ0) is 19.0. The number of rotatable bonds is 3. The fourth-order valence-corrected chi connectivity index (χ4v) is 3.01. The number of phenolic OH excluding ortho intramolecular Hbond substituents is 2. The number of halogens is 1. The van der Waals surface area contributed by atoms with Gasteiger partial charge in [0.2, 0.25) is 5.91 Å². The zero-order valence-corrected chi connectivity index (χ0v) is 14.6. The molecule has 9 nitrogen and oxygen atoms in total. The van der Waals surface area contributed by atoms with Crippen LogP contribution < -0.4 is 0 Å². The van der Waals surface area contributed by atoms with Crippen LogP contribution in [0.1, 0.15) is 11.3 Å². The minimum atomic E-state index is -1.18. The van der Waals surface area contributed by atoms with Crippen LogP contribution in [0.5, 0.6) is 11.5 Å². The van der Waals surface area contributed by atoms with E-state index in [0.29, 0.717) is 24.2 Å². The molecule has 0 saturated heterocycles. The number of aromatic hydroxyl groups is 2. The Balaban J connectivity index is 1.88. The van der Waals surface area contributed by atoms with Gasteiger partial charge < -0.3 is 25.1 Å². The highest BCUT2D eigenvalue weighted by Crippen LogP contribution is 2.39. The summed E-state index contributed by atoms with van der Waals surface area (Å²) >= 11 is 5.93. The second-order valence-electron chi connectivity index (χ2n) is 6.05. The Morgan fingerprint density at radius 1 is 1.35 bits per heavy atom. The Morgan fingerprint density at radius 3 is 2.77 bits per heavy atom. The third-order valence-electron chi connectivity index (χ3n) is 4.31. The van der Waals surface area contributed by atoms with Crippen molar-refractivity contribution in [1.29, 1.82) is 0 Å². The highest BCUT2D eigenvalue weighted by molar-refractivity contribution is 6.32. The van der Waals surface area contributed by atoms with Crippen molar-refractivity contribution in [1.82, 2.24) is 20.0 Å². The number of hydrogen-bond donors (Lipinski definition) is 4. The summed E-state index contributed by atoms with van der Waals surface area (Å²) in [6.45, 7) is 0.419. The van der Waals surface area contributed by atoms with Crippen LogP contribution in [0.15, 0.2) is 12.1 Å². The Hall–Kier alpha value is -2.94. The first-order chi connectivity index (χ1) is 12.3. The van der Waals surface area contributed by atoms with Gasteiger partial charge in [0.25, 0.3) is 0 Å². The molecule has 0 radical (unpaired) electrons. The highest BCUT2D eigenvalue weighted by atomic mass is 35.5. The maximum atomic E-state index is 12.3. The van der Waals surface area contributed by atoms with E-state index in [4.69, 9.17) is 16.7 Å². The van der Waals surface area contributed by atoms with E-state index in [9.17, 15) is 19.8 Å². The maximum Gasteiger partial charge on any atom is 0.407 e. The van der Waals surface area contributed by atoms with Crippen molar-refractivity contribution in [2.45, 2.75) is 13.0 Å². The van der Waals surface area contributed by atoms with Crippen molar-refractivity contribution in [3.63, 3.8) is 0 Å².